The van der Waals surface area contributed by atoms with E-state index in [0.29, 0.717) is 30.2 Å². The Morgan fingerprint density at radius 1 is 1.26 bits per heavy atom. The number of carbonyl (C=O) groups excluding carboxylic acids is 1. The normalized spacial score (nSPS) is 26.8. The molecule has 1 aliphatic heterocycles. The van der Waals surface area contributed by atoms with Crippen LogP contribution in [0.4, 0.5) is 0 Å². The zero-order valence-electron chi connectivity index (χ0n) is 13.4. The molecule has 1 saturated carbocycles. The molecule has 4 heteroatoms. The summed E-state index contributed by atoms with van der Waals surface area (Å²) in [6.07, 6.45) is 4.95. The quantitative estimate of drug-likeness (QED) is 0.935. The number of nitrogens with zero attached hydrogens (tertiary/aromatic N) is 1. The number of amides is 1. The Morgan fingerprint density at radius 2 is 2.13 bits per heavy atom. The average molecular weight is 328 g/mol. The van der Waals surface area contributed by atoms with Crippen molar-refractivity contribution < 1.29 is 4.79 Å². The lowest BCUT2D eigenvalue weighted by atomic mass is 9.98. The summed E-state index contributed by atoms with van der Waals surface area (Å²) in [5.74, 6) is 1.54. The van der Waals surface area contributed by atoms with Gasteiger partial charge in [0.2, 0.25) is 5.91 Å². The van der Waals surface area contributed by atoms with E-state index in [1.807, 2.05) is 0 Å². The van der Waals surface area contributed by atoms with Gasteiger partial charge in [-0.1, -0.05) is 18.2 Å². The molecule has 0 radical (unpaired) electrons. The van der Waals surface area contributed by atoms with Gasteiger partial charge in [-0.25, -0.2) is 0 Å². The second-order valence-corrected chi connectivity index (χ2v) is 7.99. The molecule has 3 unspecified atom stereocenters. The number of fused-ring (bicyclic) bond motifs is 2. The Labute approximate surface area is 141 Å². The molecular weight excluding hydrogens is 304 g/mol. The van der Waals surface area contributed by atoms with Crippen LogP contribution in [-0.4, -0.2) is 29.9 Å². The molecule has 1 aliphatic carbocycles. The Bertz CT molecular complexity index is 710. The van der Waals surface area contributed by atoms with Crippen molar-refractivity contribution in [3.63, 3.8) is 0 Å². The minimum atomic E-state index is 0.315. The van der Waals surface area contributed by atoms with Gasteiger partial charge in [0.15, 0.2) is 0 Å². The van der Waals surface area contributed by atoms with Crippen LogP contribution in [0.15, 0.2) is 29.6 Å². The van der Waals surface area contributed by atoms with Crippen LogP contribution >= 0.6 is 11.3 Å². The minimum absolute atomic E-state index is 0.315. The largest absolute Gasteiger partial charge is 0.342 e. The topological polar surface area (TPSA) is 46.3 Å². The first-order valence-electron chi connectivity index (χ1n) is 8.71. The molecule has 2 heterocycles. The van der Waals surface area contributed by atoms with E-state index in [1.54, 1.807) is 11.3 Å². The number of benzene rings is 1. The van der Waals surface area contributed by atoms with E-state index >= 15 is 0 Å². The van der Waals surface area contributed by atoms with Crippen molar-refractivity contribution >= 4 is 27.3 Å². The van der Waals surface area contributed by atoms with Crippen molar-refractivity contribution in [3.8, 4) is 0 Å². The molecule has 3 atom stereocenters. The van der Waals surface area contributed by atoms with Crippen LogP contribution in [0.2, 0.25) is 0 Å². The molecule has 23 heavy (non-hydrogen) atoms. The fourth-order valence-electron chi connectivity index (χ4n) is 4.33. The average Bonchev–Trinajstić information content (AvgIpc) is 3.24. The first-order valence-corrected chi connectivity index (χ1v) is 9.59. The molecule has 1 aromatic carbocycles. The molecule has 0 spiro atoms. The van der Waals surface area contributed by atoms with Gasteiger partial charge >= 0.3 is 0 Å². The summed E-state index contributed by atoms with van der Waals surface area (Å²) in [4.78, 5) is 14.5. The zero-order valence-corrected chi connectivity index (χ0v) is 14.2. The monoisotopic (exact) mass is 328 g/mol. The molecule has 2 fully saturated rings. The van der Waals surface area contributed by atoms with Crippen molar-refractivity contribution in [2.24, 2.45) is 17.6 Å². The number of carbonyl (C=O) groups is 1. The van der Waals surface area contributed by atoms with Crippen molar-refractivity contribution in [1.29, 1.82) is 0 Å². The highest BCUT2D eigenvalue weighted by Gasteiger charge is 2.42. The highest BCUT2D eigenvalue weighted by Crippen LogP contribution is 2.37. The van der Waals surface area contributed by atoms with E-state index in [9.17, 15) is 4.79 Å². The predicted octanol–water partition coefficient (Wildman–Crippen LogP) is 3.42. The van der Waals surface area contributed by atoms with Crippen molar-refractivity contribution in [3.05, 3.63) is 35.2 Å². The van der Waals surface area contributed by atoms with Crippen LogP contribution in [0, 0.1) is 11.8 Å². The lowest BCUT2D eigenvalue weighted by molar-refractivity contribution is -0.130. The van der Waals surface area contributed by atoms with Gasteiger partial charge in [0.1, 0.15) is 0 Å². The van der Waals surface area contributed by atoms with Crippen LogP contribution < -0.4 is 5.73 Å². The number of nitrogens with two attached hydrogens (primary N) is 1. The fourth-order valence-corrected chi connectivity index (χ4v) is 5.32. The summed E-state index contributed by atoms with van der Waals surface area (Å²) in [5.41, 5.74) is 7.55. The van der Waals surface area contributed by atoms with Gasteiger partial charge in [0, 0.05) is 30.3 Å². The number of hydrogen-bond donors (Lipinski definition) is 1. The van der Waals surface area contributed by atoms with Crippen LogP contribution in [0.1, 0.15) is 31.2 Å². The summed E-state index contributed by atoms with van der Waals surface area (Å²) in [6.45, 7) is 1.84. The molecule has 2 N–H and O–H groups in total. The Kier molecular flexibility index (Phi) is 4.12. The third-order valence-corrected chi connectivity index (χ3v) is 6.68. The van der Waals surface area contributed by atoms with E-state index in [-0.39, 0.29) is 0 Å². The highest BCUT2D eigenvalue weighted by molar-refractivity contribution is 7.17. The minimum Gasteiger partial charge on any atom is -0.342 e. The summed E-state index contributed by atoms with van der Waals surface area (Å²) in [6, 6.07) is 8.85. The molecule has 1 aromatic heterocycles. The standard InChI is InChI=1S/C19H24N2OS/c20-17-9-8-13-10-21(11-16(13)17)19(22)7-3-4-14-12-23-18-6-2-1-5-15(14)18/h1-2,5-6,12-13,16-17H,3-4,7-11,20H2. The van der Waals surface area contributed by atoms with Crippen molar-refractivity contribution in [1.82, 2.24) is 4.90 Å². The molecule has 122 valence electrons. The van der Waals surface area contributed by atoms with Gasteiger partial charge in [-0.15, -0.1) is 11.3 Å². The summed E-state index contributed by atoms with van der Waals surface area (Å²) >= 11 is 1.80. The highest BCUT2D eigenvalue weighted by atomic mass is 32.1. The van der Waals surface area contributed by atoms with Crippen LogP contribution in [-0.2, 0) is 11.2 Å². The molecule has 0 bridgehead atoms. The van der Waals surface area contributed by atoms with Gasteiger partial charge in [0.25, 0.3) is 0 Å². The van der Waals surface area contributed by atoms with Gasteiger partial charge in [0.05, 0.1) is 0 Å². The van der Waals surface area contributed by atoms with Crippen molar-refractivity contribution in [2.45, 2.75) is 38.1 Å². The van der Waals surface area contributed by atoms with Gasteiger partial charge in [-0.05, 0) is 59.9 Å². The van der Waals surface area contributed by atoms with Crippen LogP contribution in [0.5, 0.6) is 0 Å². The number of aryl methyl sites for hydroxylation is 1. The first-order chi connectivity index (χ1) is 11.2. The lowest BCUT2D eigenvalue weighted by Gasteiger charge is -2.18. The maximum Gasteiger partial charge on any atom is 0.222 e. The van der Waals surface area contributed by atoms with E-state index in [1.165, 1.54) is 22.1 Å². The molecule has 2 aliphatic rings. The third kappa shape index (κ3) is 2.90. The Hall–Kier alpha value is -1.39. The Morgan fingerprint density at radius 3 is 3.00 bits per heavy atom. The molecule has 2 aromatic rings. The van der Waals surface area contributed by atoms with E-state index in [4.69, 9.17) is 5.73 Å². The second kappa shape index (κ2) is 6.25. The second-order valence-electron chi connectivity index (χ2n) is 7.07. The molecule has 1 amide bonds. The molecule has 4 rings (SSSR count). The lowest BCUT2D eigenvalue weighted by Crippen LogP contribution is -2.33. The van der Waals surface area contributed by atoms with Crippen molar-refractivity contribution in [2.75, 3.05) is 13.1 Å². The predicted molar refractivity (Wildman–Crippen MR) is 95.5 cm³/mol. The Balaban J connectivity index is 1.31. The smallest absolute Gasteiger partial charge is 0.222 e. The molecule has 1 saturated heterocycles. The van der Waals surface area contributed by atoms with Gasteiger partial charge in [-0.3, -0.25) is 4.79 Å². The molecular formula is C19H24N2OS. The van der Waals surface area contributed by atoms with Gasteiger partial charge in [-0.2, -0.15) is 0 Å². The first kappa shape index (κ1) is 15.2. The van der Waals surface area contributed by atoms with Crippen LogP contribution in [0.25, 0.3) is 10.1 Å². The SMILES string of the molecule is NC1CCC2CN(C(=O)CCCc3csc4ccccc34)CC12. The fraction of sp³-hybridized carbons (Fsp3) is 0.526. The van der Waals surface area contributed by atoms with E-state index < -0.39 is 0 Å². The number of hydrogen-bond acceptors (Lipinski definition) is 3. The van der Waals surface area contributed by atoms with E-state index in [0.717, 1.165) is 32.4 Å². The number of rotatable bonds is 4. The maximum absolute atomic E-state index is 12.5. The number of likely N-dealkylation sites (tertiary alicyclic amines) is 1. The maximum atomic E-state index is 12.5. The van der Waals surface area contributed by atoms with Crippen LogP contribution in [0.3, 0.4) is 0 Å². The van der Waals surface area contributed by atoms with Gasteiger partial charge < -0.3 is 10.6 Å². The summed E-state index contributed by atoms with van der Waals surface area (Å²) in [7, 11) is 0. The van der Waals surface area contributed by atoms with E-state index in [2.05, 4.69) is 34.5 Å². The number of thiophene rings is 1. The summed E-state index contributed by atoms with van der Waals surface area (Å²) < 4.78 is 1.34. The zero-order chi connectivity index (χ0) is 15.8. The molecule has 3 nitrogen and oxygen atoms in total. The summed E-state index contributed by atoms with van der Waals surface area (Å²) in [5, 5.41) is 3.60. The third-order valence-electron chi connectivity index (χ3n) is 5.66.